The van der Waals surface area contributed by atoms with Crippen LogP contribution >= 0.6 is 11.6 Å². The molecule has 0 bridgehead atoms. The number of carbonyl (C=O) groups excluding carboxylic acids is 1. The first-order valence-corrected chi connectivity index (χ1v) is 7.49. The van der Waals surface area contributed by atoms with E-state index in [1.807, 2.05) is 56.3 Å². The number of benzene rings is 2. The molecule has 2 aromatic carbocycles. The van der Waals surface area contributed by atoms with Crippen LogP contribution in [0.3, 0.4) is 0 Å². The van der Waals surface area contributed by atoms with Crippen molar-refractivity contribution >= 4 is 17.5 Å². The molecule has 116 valence electrons. The SMILES string of the molecule is COc1ccccc1CNC(=O)C(C)(C)c1cccc(Cl)c1. The second kappa shape index (κ2) is 6.84. The van der Waals surface area contributed by atoms with Gasteiger partial charge in [0.15, 0.2) is 0 Å². The van der Waals surface area contributed by atoms with Gasteiger partial charge in [-0.05, 0) is 37.6 Å². The summed E-state index contributed by atoms with van der Waals surface area (Å²) in [5.74, 6) is 0.712. The van der Waals surface area contributed by atoms with Crippen molar-refractivity contribution in [3.63, 3.8) is 0 Å². The monoisotopic (exact) mass is 317 g/mol. The van der Waals surface area contributed by atoms with Gasteiger partial charge in [-0.2, -0.15) is 0 Å². The zero-order valence-electron chi connectivity index (χ0n) is 13.0. The smallest absolute Gasteiger partial charge is 0.230 e. The number of hydrogen-bond acceptors (Lipinski definition) is 2. The summed E-state index contributed by atoms with van der Waals surface area (Å²) in [5.41, 5.74) is 1.17. The Morgan fingerprint density at radius 1 is 1.18 bits per heavy atom. The molecule has 1 amide bonds. The number of nitrogens with one attached hydrogen (secondary N) is 1. The van der Waals surface area contributed by atoms with Crippen molar-refractivity contribution in [1.82, 2.24) is 5.32 Å². The average molecular weight is 318 g/mol. The van der Waals surface area contributed by atoms with Crippen molar-refractivity contribution in [1.29, 1.82) is 0 Å². The van der Waals surface area contributed by atoms with E-state index in [9.17, 15) is 4.79 Å². The summed E-state index contributed by atoms with van der Waals surface area (Å²) in [6, 6.07) is 15.0. The Bertz CT molecular complexity index is 668. The predicted molar refractivity (Wildman–Crippen MR) is 89.3 cm³/mol. The Morgan fingerprint density at radius 3 is 2.59 bits per heavy atom. The minimum absolute atomic E-state index is 0.0549. The fraction of sp³-hybridized carbons (Fsp3) is 0.278. The first-order valence-electron chi connectivity index (χ1n) is 7.11. The van der Waals surface area contributed by atoms with Crippen molar-refractivity contribution < 1.29 is 9.53 Å². The highest BCUT2D eigenvalue weighted by atomic mass is 35.5. The number of halogens is 1. The number of amides is 1. The van der Waals surface area contributed by atoms with Gasteiger partial charge in [0.2, 0.25) is 5.91 Å². The summed E-state index contributed by atoms with van der Waals surface area (Å²) in [7, 11) is 1.62. The van der Waals surface area contributed by atoms with Crippen LogP contribution in [0, 0.1) is 0 Å². The number of carbonyl (C=O) groups is 1. The van der Waals surface area contributed by atoms with Gasteiger partial charge < -0.3 is 10.1 Å². The molecular formula is C18H20ClNO2. The Hall–Kier alpha value is -2.00. The molecule has 0 aromatic heterocycles. The largest absolute Gasteiger partial charge is 0.496 e. The van der Waals surface area contributed by atoms with Crippen molar-refractivity contribution in [3.8, 4) is 5.75 Å². The van der Waals surface area contributed by atoms with Crippen molar-refractivity contribution in [2.45, 2.75) is 25.8 Å². The highest BCUT2D eigenvalue weighted by molar-refractivity contribution is 6.30. The van der Waals surface area contributed by atoms with Gasteiger partial charge in [0, 0.05) is 17.1 Å². The Kier molecular flexibility index (Phi) is 5.09. The molecule has 0 unspecified atom stereocenters. The molecule has 0 aliphatic heterocycles. The van der Waals surface area contributed by atoms with E-state index < -0.39 is 5.41 Å². The maximum atomic E-state index is 12.6. The summed E-state index contributed by atoms with van der Waals surface area (Å²) in [5, 5.41) is 3.60. The van der Waals surface area contributed by atoms with Crippen molar-refractivity contribution in [3.05, 3.63) is 64.7 Å². The quantitative estimate of drug-likeness (QED) is 0.907. The molecule has 22 heavy (non-hydrogen) atoms. The molecule has 0 saturated heterocycles. The van der Waals surface area contributed by atoms with Crippen LogP contribution < -0.4 is 10.1 Å². The van der Waals surface area contributed by atoms with E-state index in [0.29, 0.717) is 11.6 Å². The van der Waals surface area contributed by atoms with Crippen LogP contribution in [-0.2, 0) is 16.8 Å². The first-order chi connectivity index (χ1) is 10.4. The Morgan fingerprint density at radius 2 is 1.91 bits per heavy atom. The highest BCUT2D eigenvalue weighted by Crippen LogP contribution is 2.26. The fourth-order valence-electron chi connectivity index (χ4n) is 2.25. The van der Waals surface area contributed by atoms with E-state index in [2.05, 4.69) is 5.32 Å². The molecule has 0 fully saturated rings. The third-order valence-corrected chi connectivity index (χ3v) is 3.98. The lowest BCUT2D eigenvalue weighted by Gasteiger charge is -2.24. The number of hydrogen-bond donors (Lipinski definition) is 1. The number of rotatable bonds is 5. The van der Waals surface area contributed by atoms with E-state index in [1.54, 1.807) is 13.2 Å². The van der Waals surface area contributed by atoms with Crippen LogP contribution in [0.25, 0.3) is 0 Å². The molecule has 0 atom stereocenters. The second-order valence-electron chi connectivity index (χ2n) is 5.63. The average Bonchev–Trinajstić information content (AvgIpc) is 2.52. The van der Waals surface area contributed by atoms with Crippen LogP contribution in [0.5, 0.6) is 5.75 Å². The molecule has 0 aliphatic carbocycles. The van der Waals surface area contributed by atoms with Crippen molar-refractivity contribution in [2.24, 2.45) is 0 Å². The molecule has 0 spiro atoms. The highest BCUT2D eigenvalue weighted by Gasteiger charge is 2.29. The van der Waals surface area contributed by atoms with Gasteiger partial charge >= 0.3 is 0 Å². The topological polar surface area (TPSA) is 38.3 Å². The molecule has 2 aromatic rings. The predicted octanol–water partition coefficient (Wildman–Crippen LogP) is 3.94. The summed E-state index contributed by atoms with van der Waals surface area (Å²) < 4.78 is 5.29. The standard InChI is InChI=1S/C18H20ClNO2/c1-18(2,14-8-6-9-15(19)11-14)17(21)20-12-13-7-4-5-10-16(13)22-3/h4-11H,12H2,1-3H3,(H,20,21). The Labute approximate surface area is 136 Å². The van der Waals surface area contributed by atoms with E-state index in [-0.39, 0.29) is 5.91 Å². The number of ether oxygens (including phenoxy) is 1. The molecule has 0 radical (unpaired) electrons. The van der Waals surface area contributed by atoms with Gasteiger partial charge in [0.05, 0.1) is 12.5 Å². The lowest BCUT2D eigenvalue weighted by molar-refractivity contribution is -0.125. The van der Waals surface area contributed by atoms with Gasteiger partial charge in [0.1, 0.15) is 5.75 Å². The maximum absolute atomic E-state index is 12.6. The molecule has 4 heteroatoms. The van der Waals surface area contributed by atoms with Gasteiger partial charge in [0.25, 0.3) is 0 Å². The van der Waals surface area contributed by atoms with Gasteiger partial charge in [-0.15, -0.1) is 0 Å². The molecule has 0 aliphatic rings. The van der Waals surface area contributed by atoms with E-state index in [1.165, 1.54) is 0 Å². The molecule has 2 rings (SSSR count). The van der Waals surface area contributed by atoms with Crippen LogP contribution in [0.4, 0.5) is 0 Å². The minimum atomic E-state index is -0.660. The first kappa shape index (κ1) is 16.4. The lowest BCUT2D eigenvalue weighted by Crippen LogP contribution is -2.39. The molecule has 1 N–H and O–H groups in total. The van der Waals surface area contributed by atoms with E-state index in [0.717, 1.165) is 16.9 Å². The summed E-state index contributed by atoms with van der Waals surface area (Å²) in [4.78, 5) is 12.6. The van der Waals surface area contributed by atoms with E-state index in [4.69, 9.17) is 16.3 Å². The van der Waals surface area contributed by atoms with Crippen molar-refractivity contribution in [2.75, 3.05) is 7.11 Å². The molecular weight excluding hydrogens is 298 g/mol. The van der Waals surface area contributed by atoms with Gasteiger partial charge in [-0.25, -0.2) is 0 Å². The molecule has 0 saturated carbocycles. The van der Waals surface area contributed by atoms with E-state index >= 15 is 0 Å². The van der Waals surface area contributed by atoms with Crippen LogP contribution in [0.2, 0.25) is 5.02 Å². The van der Waals surface area contributed by atoms with Crippen LogP contribution in [0.15, 0.2) is 48.5 Å². The summed E-state index contributed by atoms with van der Waals surface area (Å²) in [6.45, 7) is 4.19. The zero-order chi connectivity index (χ0) is 16.2. The second-order valence-corrected chi connectivity index (χ2v) is 6.07. The normalized spacial score (nSPS) is 11.1. The minimum Gasteiger partial charge on any atom is -0.496 e. The third-order valence-electron chi connectivity index (χ3n) is 3.75. The maximum Gasteiger partial charge on any atom is 0.230 e. The summed E-state index contributed by atoms with van der Waals surface area (Å²) >= 11 is 6.02. The lowest BCUT2D eigenvalue weighted by atomic mass is 9.83. The van der Waals surface area contributed by atoms with Gasteiger partial charge in [-0.3, -0.25) is 4.79 Å². The summed E-state index contributed by atoms with van der Waals surface area (Å²) in [6.07, 6.45) is 0. The molecule has 3 nitrogen and oxygen atoms in total. The number of methoxy groups -OCH3 is 1. The van der Waals surface area contributed by atoms with Crippen LogP contribution in [0.1, 0.15) is 25.0 Å². The van der Waals surface area contributed by atoms with Gasteiger partial charge in [-0.1, -0.05) is 41.9 Å². The zero-order valence-corrected chi connectivity index (χ0v) is 13.8. The fourth-order valence-corrected chi connectivity index (χ4v) is 2.44. The Balaban J connectivity index is 2.11. The molecule has 0 heterocycles. The van der Waals surface area contributed by atoms with Crippen LogP contribution in [-0.4, -0.2) is 13.0 Å². The number of para-hydroxylation sites is 1. The third kappa shape index (κ3) is 3.60.